The van der Waals surface area contributed by atoms with Gasteiger partial charge in [-0.25, -0.2) is 9.97 Å². The summed E-state index contributed by atoms with van der Waals surface area (Å²) in [6, 6.07) is 19.3. The van der Waals surface area contributed by atoms with Crippen LogP contribution in [-0.2, 0) is 12.2 Å². The van der Waals surface area contributed by atoms with E-state index in [4.69, 9.17) is 21.1 Å². The molecule has 2 heterocycles. The second kappa shape index (κ2) is 14.0. The minimum atomic E-state index is -0.615. The number of pyridine rings is 1. The lowest BCUT2D eigenvalue weighted by atomic mass is 9.95. The van der Waals surface area contributed by atoms with Crippen LogP contribution < -0.4 is 5.32 Å². The molecule has 2 aromatic heterocycles. The first-order valence-electron chi connectivity index (χ1n) is 12.8. The van der Waals surface area contributed by atoms with Crippen LogP contribution in [0.1, 0.15) is 42.1 Å². The summed E-state index contributed by atoms with van der Waals surface area (Å²) in [5.41, 5.74) is 4.20. The first-order chi connectivity index (χ1) is 19.5. The molecule has 0 amide bonds. The Morgan fingerprint density at radius 2 is 1.73 bits per heavy atom. The molecule has 0 aliphatic carbocycles. The lowest BCUT2D eigenvalue weighted by molar-refractivity contribution is 0.183. The fourth-order valence-electron chi connectivity index (χ4n) is 4.02. The Bertz CT molecular complexity index is 1530. The van der Waals surface area contributed by atoms with Crippen molar-refractivity contribution in [2.24, 2.45) is 0 Å². The number of benzene rings is 2. The predicted molar refractivity (Wildman–Crippen MR) is 156 cm³/mol. The van der Waals surface area contributed by atoms with Gasteiger partial charge in [0, 0.05) is 35.1 Å². The number of halogens is 1. The molecular weight excluding hydrogens is 546 g/mol. The van der Waals surface area contributed by atoms with E-state index in [9.17, 15) is 15.6 Å². The molecule has 4 rings (SSSR count). The number of rotatable bonds is 12. The molecule has 0 radical (unpaired) electrons. The van der Waals surface area contributed by atoms with Crippen molar-refractivity contribution in [3.8, 4) is 34.7 Å². The molecule has 8 nitrogen and oxygen atoms in total. The summed E-state index contributed by atoms with van der Waals surface area (Å²) in [7, 11) is 0. The largest absolute Gasteiger partial charge is 0.444 e. The molecule has 0 bridgehead atoms. The highest BCUT2D eigenvalue weighted by Gasteiger charge is 2.22. The van der Waals surface area contributed by atoms with Crippen molar-refractivity contribution in [2.75, 3.05) is 18.5 Å². The number of nitrogens with one attached hydrogen (secondary N) is 1. The van der Waals surface area contributed by atoms with Crippen molar-refractivity contribution in [3.05, 3.63) is 82.2 Å². The third-order valence-corrected chi connectivity index (χ3v) is 7.49. The highest BCUT2D eigenvalue weighted by molar-refractivity contribution is 7.98. The van der Waals surface area contributed by atoms with Gasteiger partial charge in [-0.2, -0.15) is 10.5 Å². The van der Waals surface area contributed by atoms with Gasteiger partial charge < -0.3 is 19.9 Å². The van der Waals surface area contributed by atoms with Gasteiger partial charge in [0.2, 0.25) is 5.89 Å². The van der Waals surface area contributed by atoms with Crippen LogP contribution in [0.3, 0.4) is 0 Å². The van der Waals surface area contributed by atoms with Crippen LogP contribution in [-0.4, -0.2) is 39.4 Å². The molecule has 2 aromatic carbocycles. The molecule has 0 aliphatic rings. The number of hydrogen-bond acceptors (Lipinski definition) is 9. The number of hydrogen-bond donors (Lipinski definition) is 3. The number of nitrogens with zero attached hydrogens (tertiary/aromatic N) is 4. The van der Waals surface area contributed by atoms with Gasteiger partial charge in [-0.05, 0) is 54.7 Å². The molecule has 40 heavy (non-hydrogen) atoms. The average Bonchev–Trinajstić information content (AvgIpc) is 3.46. The smallest absolute Gasteiger partial charge is 0.226 e. The van der Waals surface area contributed by atoms with E-state index in [0.717, 1.165) is 17.5 Å². The van der Waals surface area contributed by atoms with Crippen molar-refractivity contribution in [1.29, 1.82) is 10.5 Å². The highest BCUT2D eigenvalue weighted by Crippen LogP contribution is 2.38. The van der Waals surface area contributed by atoms with Gasteiger partial charge in [0.05, 0.1) is 17.4 Å². The van der Waals surface area contributed by atoms with E-state index in [1.807, 2.05) is 43.3 Å². The van der Waals surface area contributed by atoms with E-state index in [2.05, 4.69) is 27.4 Å². The maximum atomic E-state index is 10.2. The normalized spacial score (nSPS) is 11.6. The minimum absolute atomic E-state index is 0.106. The zero-order valence-corrected chi connectivity index (χ0v) is 23.5. The molecule has 0 saturated carbocycles. The monoisotopic (exact) mass is 573 g/mol. The van der Waals surface area contributed by atoms with E-state index in [1.54, 1.807) is 18.4 Å². The lowest BCUT2D eigenvalue weighted by Crippen LogP contribution is -2.20. The fourth-order valence-corrected chi connectivity index (χ4v) is 5.01. The Kier molecular flexibility index (Phi) is 10.2. The van der Waals surface area contributed by atoms with Gasteiger partial charge in [-0.15, -0.1) is 0 Å². The van der Waals surface area contributed by atoms with E-state index >= 15 is 0 Å². The molecule has 0 saturated heterocycles. The van der Waals surface area contributed by atoms with E-state index in [-0.39, 0.29) is 24.3 Å². The summed E-state index contributed by atoms with van der Waals surface area (Å²) in [6.45, 7) is 2.18. The number of anilines is 1. The molecule has 0 spiro atoms. The van der Waals surface area contributed by atoms with Crippen molar-refractivity contribution in [1.82, 2.24) is 9.97 Å². The van der Waals surface area contributed by atoms with Crippen LogP contribution in [0.4, 0.5) is 5.82 Å². The average molecular weight is 574 g/mol. The van der Waals surface area contributed by atoms with Gasteiger partial charge >= 0.3 is 0 Å². The van der Waals surface area contributed by atoms with Gasteiger partial charge in [0.25, 0.3) is 0 Å². The number of aryl methyl sites for hydroxylation is 1. The Morgan fingerprint density at radius 3 is 2.38 bits per heavy atom. The highest BCUT2D eigenvalue weighted by atomic mass is 35.5. The van der Waals surface area contributed by atoms with Gasteiger partial charge in [0.15, 0.2) is 0 Å². The molecule has 1 atom stereocenters. The number of aliphatic hydroxyl groups excluding tert-OH is 2. The molecule has 4 aromatic rings. The fraction of sp³-hybridized carbons (Fsp3) is 0.267. The number of aromatic nitrogens is 2. The molecule has 10 heteroatoms. The van der Waals surface area contributed by atoms with E-state index in [0.29, 0.717) is 57.2 Å². The molecule has 0 aliphatic heterocycles. The second-order valence-electron chi connectivity index (χ2n) is 9.02. The van der Waals surface area contributed by atoms with Crippen LogP contribution in [0, 0.1) is 22.7 Å². The Hall–Kier alpha value is -3.86. The lowest BCUT2D eigenvalue weighted by Gasteiger charge is -2.17. The number of oxazole rings is 1. The van der Waals surface area contributed by atoms with Crippen LogP contribution in [0.25, 0.3) is 22.6 Å². The van der Waals surface area contributed by atoms with Crippen LogP contribution in [0.15, 0.2) is 64.2 Å². The third-order valence-electron chi connectivity index (χ3n) is 6.23. The first-order valence-corrected chi connectivity index (χ1v) is 14.2. The van der Waals surface area contributed by atoms with Crippen LogP contribution >= 0.6 is 23.4 Å². The summed E-state index contributed by atoms with van der Waals surface area (Å²) in [6.07, 6.45) is 2.86. The maximum Gasteiger partial charge on any atom is 0.226 e. The molecule has 0 unspecified atom stereocenters. The van der Waals surface area contributed by atoms with Gasteiger partial charge in [-0.3, -0.25) is 0 Å². The third kappa shape index (κ3) is 7.01. The second-order valence-corrected chi connectivity index (χ2v) is 10.4. The standard InChI is InChI=1S/C30H28ClN5O3S/c1-2-24(38)16-34-28-25(14-32)27(20-7-5-19(6-8-20)4-3-13-37)26(15-33)30(36-28)40-18-23-17-39-29(35-23)21-9-11-22(31)12-10-21/h5-12,17,24,37-38H,2-4,13,16,18H2,1H3,(H,34,36)/t24-/m0/s1. The minimum Gasteiger partial charge on any atom is -0.444 e. The van der Waals surface area contributed by atoms with E-state index in [1.165, 1.54) is 11.8 Å². The quantitative estimate of drug-likeness (QED) is 0.169. The number of nitriles is 2. The molecule has 3 N–H and O–H groups in total. The van der Waals surface area contributed by atoms with Crippen molar-refractivity contribution < 1.29 is 14.6 Å². The Balaban J connectivity index is 1.70. The van der Waals surface area contributed by atoms with Gasteiger partial charge in [0.1, 0.15) is 34.8 Å². The summed E-state index contributed by atoms with van der Waals surface area (Å²) in [5, 5.41) is 43.8. The molecule has 204 valence electrons. The predicted octanol–water partition coefficient (Wildman–Crippen LogP) is 6.20. The van der Waals surface area contributed by atoms with E-state index < -0.39 is 6.10 Å². The summed E-state index contributed by atoms with van der Waals surface area (Å²) >= 11 is 7.30. The van der Waals surface area contributed by atoms with Crippen LogP contribution in [0.5, 0.6) is 0 Å². The topological polar surface area (TPSA) is 139 Å². The van der Waals surface area contributed by atoms with Crippen molar-refractivity contribution in [2.45, 2.75) is 43.1 Å². The Morgan fingerprint density at radius 1 is 1.02 bits per heavy atom. The summed E-state index contributed by atoms with van der Waals surface area (Å²) < 4.78 is 5.65. The molecular formula is C30H28ClN5O3S. The van der Waals surface area contributed by atoms with Crippen molar-refractivity contribution >= 4 is 29.2 Å². The summed E-state index contributed by atoms with van der Waals surface area (Å²) in [5.74, 6) is 1.14. The maximum absolute atomic E-state index is 10.2. The number of aliphatic hydroxyl groups is 2. The van der Waals surface area contributed by atoms with Crippen LogP contribution in [0.2, 0.25) is 5.02 Å². The van der Waals surface area contributed by atoms with Crippen molar-refractivity contribution in [3.63, 3.8) is 0 Å². The zero-order valence-electron chi connectivity index (χ0n) is 21.9. The molecule has 0 fully saturated rings. The SMILES string of the molecule is CC[C@H](O)CNc1nc(SCc2coc(-c3ccc(Cl)cc3)n2)c(C#N)c(-c2ccc(CCCO)cc2)c1C#N. The first kappa shape index (κ1) is 29.1. The summed E-state index contributed by atoms with van der Waals surface area (Å²) in [4.78, 5) is 9.21. The number of thioether (sulfide) groups is 1. The Labute approximate surface area is 242 Å². The zero-order chi connectivity index (χ0) is 28.5. The van der Waals surface area contributed by atoms with Gasteiger partial charge in [-0.1, -0.05) is 54.6 Å².